The molecule has 2 aromatic heterocycles. The second kappa shape index (κ2) is 8.26. The van der Waals surface area contributed by atoms with Crippen LogP contribution < -0.4 is 15.8 Å². The van der Waals surface area contributed by atoms with Crippen LogP contribution in [0.5, 0.6) is 5.75 Å². The van der Waals surface area contributed by atoms with Crippen LogP contribution in [0, 0.1) is 5.82 Å². The summed E-state index contributed by atoms with van der Waals surface area (Å²) in [6.45, 7) is 2.37. The number of aromatic nitrogens is 2. The van der Waals surface area contributed by atoms with E-state index in [1.807, 2.05) is 6.07 Å². The monoisotopic (exact) mass is 448 g/mol. The van der Waals surface area contributed by atoms with Crippen molar-refractivity contribution in [3.05, 3.63) is 63.6 Å². The first-order valence-electron chi connectivity index (χ1n) is 9.33. The van der Waals surface area contributed by atoms with Crippen LogP contribution in [0.2, 0.25) is 10.0 Å². The van der Waals surface area contributed by atoms with E-state index in [0.717, 1.165) is 11.1 Å². The van der Waals surface area contributed by atoms with E-state index in [-0.39, 0.29) is 15.9 Å². The highest BCUT2D eigenvalue weighted by atomic mass is 35.5. The number of pyridine rings is 2. The summed E-state index contributed by atoms with van der Waals surface area (Å²) in [7, 11) is 0. The van der Waals surface area contributed by atoms with Gasteiger partial charge in [-0.25, -0.2) is 14.4 Å². The largest absolute Gasteiger partial charge is 0.482 e. The molecule has 1 aromatic carbocycles. The second-order valence-electron chi connectivity index (χ2n) is 7.02. The van der Waals surface area contributed by atoms with E-state index in [0.29, 0.717) is 35.7 Å². The SMILES string of the molecule is CC(Oc1cc(-c2cnc3c(c2)C(O)CCN3)cnc1N)c1c(Cl)ccc(F)c1Cl. The van der Waals surface area contributed by atoms with E-state index < -0.39 is 18.0 Å². The Balaban J connectivity index is 1.66. The van der Waals surface area contributed by atoms with Crippen LogP contribution in [0.4, 0.5) is 16.0 Å². The fourth-order valence-corrected chi connectivity index (χ4v) is 4.07. The summed E-state index contributed by atoms with van der Waals surface area (Å²) in [6, 6.07) is 6.20. The van der Waals surface area contributed by atoms with Crippen molar-refractivity contribution in [1.82, 2.24) is 9.97 Å². The molecule has 0 spiro atoms. The van der Waals surface area contributed by atoms with Crippen molar-refractivity contribution in [2.75, 3.05) is 17.6 Å². The summed E-state index contributed by atoms with van der Waals surface area (Å²) < 4.78 is 19.8. The highest BCUT2D eigenvalue weighted by Crippen LogP contribution is 2.38. The number of hydrogen-bond donors (Lipinski definition) is 3. The first-order valence-corrected chi connectivity index (χ1v) is 10.1. The number of hydrogen-bond acceptors (Lipinski definition) is 6. The predicted molar refractivity (Wildman–Crippen MR) is 115 cm³/mol. The molecular weight excluding hydrogens is 430 g/mol. The molecular formula is C21H19Cl2FN4O2. The van der Waals surface area contributed by atoms with Crippen molar-refractivity contribution in [3.63, 3.8) is 0 Å². The Bertz CT molecular complexity index is 1110. The van der Waals surface area contributed by atoms with Crippen LogP contribution in [0.15, 0.2) is 36.7 Å². The Morgan fingerprint density at radius 3 is 2.77 bits per heavy atom. The number of halogens is 3. The highest BCUT2D eigenvalue weighted by molar-refractivity contribution is 6.36. The van der Waals surface area contributed by atoms with Crippen LogP contribution in [-0.4, -0.2) is 21.6 Å². The van der Waals surface area contributed by atoms with Crippen LogP contribution in [0.3, 0.4) is 0 Å². The van der Waals surface area contributed by atoms with Gasteiger partial charge in [0.15, 0.2) is 11.6 Å². The zero-order valence-electron chi connectivity index (χ0n) is 16.0. The third kappa shape index (κ3) is 3.88. The third-order valence-corrected chi connectivity index (χ3v) is 5.70. The van der Waals surface area contributed by atoms with Crippen molar-refractivity contribution in [2.45, 2.75) is 25.6 Å². The maximum atomic E-state index is 13.9. The van der Waals surface area contributed by atoms with Gasteiger partial charge in [0.2, 0.25) is 0 Å². The van der Waals surface area contributed by atoms with Crippen LogP contribution in [-0.2, 0) is 0 Å². The Morgan fingerprint density at radius 2 is 1.97 bits per heavy atom. The van der Waals surface area contributed by atoms with Crippen LogP contribution in [0.25, 0.3) is 11.1 Å². The van der Waals surface area contributed by atoms with Crippen molar-refractivity contribution in [2.24, 2.45) is 0 Å². The second-order valence-corrected chi connectivity index (χ2v) is 7.80. The topological polar surface area (TPSA) is 93.3 Å². The fourth-order valence-electron chi connectivity index (χ4n) is 3.40. The Morgan fingerprint density at radius 1 is 1.23 bits per heavy atom. The van der Waals surface area contributed by atoms with Crippen molar-refractivity contribution in [1.29, 1.82) is 0 Å². The molecule has 2 atom stereocenters. The van der Waals surface area contributed by atoms with Crippen LogP contribution >= 0.6 is 23.2 Å². The van der Waals surface area contributed by atoms with E-state index in [4.69, 9.17) is 33.7 Å². The number of nitrogens with two attached hydrogens (primary N) is 1. The van der Waals surface area contributed by atoms with Gasteiger partial charge in [-0.15, -0.1) is 0 Å². The molecule has 0 amide bonds. The first-order chi connectivity index (χ1) is 14.3. The van der Waals surface area contributed by atoms with Gasteiger partial charge in [-0.2, -0.15) is 0 Å². The summed E-state index contributed by atoms with van der Waals surface area (Å²) in [6.07, 6.45) is 2.64. The van der Waals surface area contributed by atoms with Gasteiger partial charge in [0, 0.05) is 46.2 Å². The van der Waals surface area contributed by atoms with E-state index >= 15 is 0 Å². The van der Waals surface area contributed by atoms with E-state index in [2.05, 4.69) is 15.3 Å². The summed E-state index contributed by atoms with van der Waals surface area (Å²) in [5.74, 6) is 0.551. The predicted octanol–water partition coefficient (Wildman–Crippen LogP) is 5.16. The van der Waals surface area contributed by atoms with Gasteiger partial charge in [0.25, 0.3) is 0 Å². The number of nitrogens with zero attached hydrogens (tertiary/aromatic N) is 2. The molecule has 1 aliphatic heterocycles. The molecule has 3 heterocycles. The quantitative estimate of drug-likeness (QED) is 0.477. The van der Waals surface area contributed by atoms with E-state index in [9.17, 15) is 9.50 Å². The summed E-state index contributed by atoms with van der Waals surface area (Å²) in [5, 5.41) is 13.6. The number of aliphatic hydroxyl groups excluding tert-OH is 1. The summed E-state index contributed by atoms with van der Waals surface area (Å²) >= 11 is 12.3. The number of benzene rings is 1. The Labute approximate surface area is 182 Å². The Kier molecular flexibility index (Phi) is 5.69. The average molecular weight is 449 g/mol. The average Bonchev–Trinajstić information content (AvgIpc) is 2.73. The van der Waals surface area contributed by atoms with Gasteiger partial charge in [-0.3, -0.25) is 0 Å². The minimum absolute atomic E-state index is 0.0990. The van der Waals surface area contributed by atoms with Crippen molar-refractivity contribution >= 4 is 34.8 Å². The Hall–Kier alpha value is -2.61. The lowest BCUT2D eigenvalue weighted by Crippen LogP contribution is -2.17. The summed E-state index contributed by atoms with van der Waals surface area (Å²) in [4.78, 5) is 8.59. The highest BCUT2D eigenvalue weighted by Gasteiger charge is 2.22. The van der Waals surface area contributed by atoms with Gasteiger partial charge < -0.3 is 20.9 Å². The summed E-state index contributed by atoms with van der Waals surface area (Å²) in [5.41, 5.74) is 8.50. The molecule has 3 aromatic rings. The fraction of sp³-hybridized carbons (Fsp3) is 0.238. The molecule has 6 nitrogen and oxygen atoms in total. The normalized spacial score (nSPS) is 16.5. The minimum Gasteiger partial charge on any atom is -0.482 e. The van der Waals surface area contributed by atoms with Gasteiger partial charge in [0.05, 0.1) is 11.1 Å². The number of nitrogen functional groups attached to an aromatic ring is 1. The first kappa shape index (κ1) is 20.7. The molecule has 0 saturated heterocycles. The number of anilines is 2. The van der Waals surface area contributed by atoms with Crippen molar-refractivity contribution in [3.8, 4) is 16.9 Å². The molecule has 0 radical (unpaired) electrons. The molecule has 0 aliphatic carbocycles. The molecule has 0 saturated carbocycles. The van der Waals surface area contributed by atoms with E-state index in [1.54, 1.807) is 25.4 Å². The number of fused-ring (bicyclic) bond motifs is 1. The molecule has 2 unspecified atom stereocenters. The molecule has 4 rings (SSSR count). The van der Waals surface area contributed by atoms with Gasteiger partial charge >= 0.3 is 0 Å². The van der Waals surface area contributed by atoms with Crippen molar-refractivity contribution < 1.29 is 14.2 Å². The van der Waals surface area contributed by atoms with Gasteiger partial charge in [0.1, 0.15) is 17.7 Å². The lowest BCUT2D eigenvalue weighted by Gasteiger charge is -2.22. The molecule has 0 bridgehead atoms. The minimum atomic E-state index is -0.673. The van der Waals surface area contributed by atoms with Gasteiger partial charge in [-0.1, -0.05) is 23.2 Å². The molecule has 30 heavy (non-hydrogen) atoms. The van der Waals surface area contributed by atoms with Gasteiger partial charge in [-0.05, 0) is 37.6 Å². The molecule has 0 fully saturated rings. The molecule has 4 N–H and O–H groups in total. The van der Waals surface area contributed by atoms with Crippen LogP contribution in [0.1, 0.15) is 36.7 Å². The zero-order valence-corrected chi connectivity index (χ0v) is 17.5. The number of rotatable bonds is 4. The maximum absolute atomic E-state index is 13.9. The smallest absolute Gasteiger partial charge is 0.166 e. The number of nitrogens with one attached hydrogen (secondary N) is 1. The molecule has 9 heteroatoms. The lowest BCUT2D eigenvalue weighted by molar-refractivity contribution is 0.168. The number of aliphatic hydroxyl groups is 1. The maximum Gasteiger partial charge on any atom is 0.166 e. The number of ether oxygens (including phenoxy) is 1. The van der Waals surface area contributed by atoms with E-state index in [1.165, 1.54) is 12.1 Å². The third-order valence-electron chi connectivity index (χ3n) is 4.99. The molecule has 1 aliphatic rings. The standard InChI is InChI=1S/C21H19Cl2FN4O2/c1-10(18-14(22)2-3-15(24)19(18)23)30-17-7-12(8-27-20(17)25)11-6-13-16(29)4-5-26-21(13)28-9-11/h2-3,6-10,16,29H,4-5H2,1H3,(H2,25,27)(H,26,28). The zero-order chi connectivity index (χ0) is 21.4. The molecule has 156 valence electrons. The lowest BCUT2D eigenvalue weighted by atomic mass is 10.00.